The van der Waals surface area contributed by atoms with Crippen LogP contribution in [-0.4, -0.2) is 58.9 Å². The molecule has 0 unspecified atom stereocenters. The van der Waals surface area contributed by atoms with Crippen molar-refractivity contribution in [2.45, 2.75) is 75.6 Å². The highest BCUT2D eigenvalue weighted by Gasteiger charge is 2.30. The number of ether oxygens (including phenoxy) is 2. The number of rotatable bonds is 12. The van der Waals surface area contributed by atoms with E-state index in [0.29, 0.717) is 42.5 Å². The normalized spacial score (nSPS) is 12.9. The molecule has 0 aliphatic heterocycles. The van der Waals surface area contributed by atoms with Gasteiger partial charge < -0.3 is 14.0 Å². The topological polar surface area (TPSA) is 129 Å². The molecule has 1 N–H and O–H groups in total. The van der Waals surface area contributed by atoms with Gasteiger partial charge in [-0.3, -0.25) is 9.59 Å². The quantitative estimate of drug-likeness (QED) is 0.171. The van der Waals surface area contributed by atoms with Gasteiger partial charge in [-0.1, -0.05) is 15.9 Å². The maximum absolute atomic E-state index is 13.1. The zero-order valence-corrected chi connectivity index (χ0v) is 25.8. The lowest BCUT2D eigenvalue weighted by molar-refractivity contribution is -0.156. The molecule has 0 radical (unpaired) electrons. The number of aryl methyl sites for hydroxylation is 2. The molecule has 0 spiro atoms. The van der Waals surface area contributed by atoms with E-state index in [1.54, 1.807) is 46.8 Å². The summed E-state index contributed by atoms with van der Waals surface area (Å²) in [7, 11) is -4.01. The third-order valence-electron chi connectivity index (χ3n) is 5.28. The summed E-state index contributed by atoms with van der Waals surface area (Å²) in [6.45, 7) is 9.62. The molecule has 39 heavy (non-hydrogen) atoms. The molecule has 0 aliphatic rings. The van der Waals surface area contributed by atoms with Gasteiger partial charge in [-0.25, -0.2) is 18.4 Å². The highest BCUT2D eigenvalue weighted by Crippen LogP contribution is 2.28. The number of benzene rings is 1. The summed E-state index contributed by atoms with van der Waals surface area (Å²) in [4.78, 5) is 33.9. The molecule has 1 atom stereocenters. The minimum Gasteiger partial charge on any atom is -0.466 e. The van der Waals surface area contributed by atoms with E-state index in [9.17, 15) is 18.0 Å². The predicted octanol–water partition coefficient (Wildman–Crippen LogP) is 4.63. The molecule has 0 fully saturated rings. The summed E-state index contributed by atoms with van der Waals surface area (Å²) in [6.07, 6.45) is 2.76. The Balaban J connectivity index is 1.82. The molecule has 3 rings (SSSR count). The Morgan fingerprint density at radius 3 is 2.49 bits per heavy atom. The van der Waals surface area contributed by atoms with Crippen LogP contribution in [0.15, 0.2) is 50.9 Å². The van der Waals surface area contributed by atoms with Crippen LogP contribution in [0.1, 0.15) is 46.4 Å². The molecule has 13 heteroatoms. The van der Waals surface area contributed by atoms with E-state index in [4.69, 9.17) is 9.47 Å². The molecule has 0 amide bonds. The van der Waals surface area contributed by atoms with Crippen LogP contribution in [0.3, 0.4) is 0 Å². The van der Waals surface area contributed by atoms with Crippen molar-refractivity contribution < 1.29 is 27.5 Å². The maximum atomic E-state index is 13.1. The third-order valence-corrected chi connectivity index (χ3v) is 8.38. The van der Waals surface area contributed by atoms with Crippen molar-refractivity contribution in [3.8, 4) is 0 Å². The minimum atomic E-state index is -4.01. The van der Waals surface area contributed by atoms with E-state index in [2.05, 4.69) is 30.6 Å². The van der Waals surface area contributed by atoms with Gasteiger partial charge in [0.15, 0.2) is 0 Å². The smallest absolute Gasteiger partial charge is 0.325 e. The number of hydrogen-bond donors (Lipinski definition) is 1. The van der Waals surface area contributed by atoms with Crippen LogP contribution in [0.4, 0.5) is 0 Å². The summed E-state index contributed by atoms with van der Waals surface area (Å²) < 4.78 is 41.9. The Kier molecular flexibility index (Phi) is 10.5. The van der Waals surface area contributed by atoms with Gasteiger partial charge in [-0.2, -0.15) is 4.72 Å². The number of sulfonamides is 1. The fourth-order valence-electron chi connectivity index (χ4n) is 3.61. The van der Waals surface area contributed by atoms with Crippen LogP contribution in [0.5, 0.6) is 0 Å². The largest absolute Gasteiger partial charge is 0.466 e. The van der Waals surface area contributed by atoms with Gasteiger partial charge in [0.05, 0.1) is 16.9 Å². The molecule has 0 saturated carbocycles. The van der Waals surface area contributed by atoms with E-state index >= 15 is 0 Å². The second-order valence-electron chi connectivity index (χ2n) is 9.70. The van der Waals surface area contributed by atoms with E-state index in [-0.39, 0.29) is 16.6 Å². The average molecular weight is 642 g/mol. The second-order valence-corrected chi connectivity index (χ2v) is 13.3. The maximum Gasteiger partial charge on any atom is 0.325 e. The molecule has 1 aromatic carbocycles. The molecule has 2 heterocycles. The highest BCUT2D eigenvalue weighted by atomic mass is 79.9. The van der Waals surface area contributed by atoms with Crippen molar-refractivity contribution in [3.63, 3.8) is 0 Å². The zero-order chi connectivity index (χ0) is 28.8. The van der Waals surface area contributed by atoms with Crippen LogP contribution in [0.2, 0.25) is 0 Å². The van der Waals surface area contributed by atoms with Gasteiger partial charge in [0.25, 0.3) is 0 Å². The van der Waals surface area contributed by atoms with Gasteiger partial charge in [0, 0.05) is 29.4 Å². The molecule has 10 nitrogen and oxygen atoms in total. The first-order valence-electron chi connectivity index (χ1n) is 12.4. The standard InChI is InChI=1S/C26H33BrN4O6S2/c1-6-36-22(32)8-7-14-31-15-13-20-23(31)28-17(2)29-24(20)38-16-21(25(33)37-26(3,4)5)30-39(34,35)19-11-9-18(27)10-12-19/h9-13,15,21,30H,6-8,14,16H2,1-5H3/t21-/m1/s1. The first-order valence-corrected chi connectivity index (χ1v) is 15.7. The fourth-order valence-corrected chi connectivity index (χ4v) is 6.22. The Labute approximate surface area is 241 Å². The van der Waals surface area contributed by atoms with Crippen molar-refractivity contribution in [1.82, 2.24) is 19.3 Å². The molecule has 212 valence electrons. The number of halogens is 1. The number of thioether (sulfide) groups is 1. The van der Waals surface area contributed by atoms with Crippen LogP contribution in [0, 0.1) is 6.92 Å². The number of esters is 2. The Hall–Kier alpha value is -2.48. The van der Waals surface area contributed by atoms with E-state index in [1.165, 1.54) is 23.9 Å². The lowest BCUT2D eigenvalue weighted by Gasteiger charge is -2.24. The Morgan fingerprint density at radius 1 is 1.15 bits per heavy atom. The van der Waals surface area contributed by atoms with Crippen molar-refractivity contribution in [1.29, 1.82) is 0 Å². The van der Waals surface area contributed by atoms with Gasteiger partial charge >= 0.3 is 11.9 Å². The summed E-state index contributed by atoms with van der Waals surface area (Å²) in [5.74, 6) is -0.354. The summed E-state index contributed by atoms with van der Waals surface area (Å²) >= 11 is 4.54. The van der Waals surface area contributed by atoms with E-state index in [0.717, 1.165) is 9.86 Å². The van der Waals surface area contributed by atoms with Crippen molar-refractivity contribution in [3.05, 3.63) is 46.8 Å². The van der Waals surface area contributed by atoms with Crippen molar-refractivity contribution in [2.24, 2.45) is 0 Å². The number of nitrogens with one attached hydrogen (secondary N) is 1. The Bertz CT molecular complexity index is 1420. The summed E-state index contributed by atoms with van der Waals surface area (Å²) in [5.41, 5.74) is -0.110. The van der Waals surface area contributed by atoms with Crippen LogP contribution in [-0.2, 0) is 35.6 Å². The molecular formula is C26H33BrN4O6S2. The lowest BCUT2D eigenvalue weighted by Crippen LogP contribution is -2.45. The van der Waals surface area contributed by atoms with Gasteiger partial charge in [-0.05, 0) is 71.4 Å². The van der Waals surface area contributed by atoms with Crippen molar-refractivity contribution >= 4 is 60.7 Å². The molecule has 0 bridgehead atoms. The number of carbonyl (C=O) groups is 2. The average Bonchev–Trinajstić information content (AvgIpc) is 3.23. The SMILES string of the molecule is CCOC(=O)CCCn1ccc2c(SC[C@@H](NS(=O)(=O)c3ccc(Br)cc3)C(=O)OC(C)(C)C)nc(C)nc21. The second kappa shape index (κ2) is 13.2. The molecule has 0 saturated heterocycles. The first-order chi connectivity index (χ1) is 18.3. The highest BCUT2D eigenvalue weighted by molar-refractivity contribution is 9.10. The van der Waals surface area contributed by atoms with Crippen LogP contribution >= 0.6 is 27.7 Å². The molecule has 3 aromatic rings. The van der Waals surface area contributed by atoms with Gasteiger partial charge in [-0.15, -0.1) is 11.8 Å². The number of hydrogen-bond acceptors (Lipinski definition) is 9. The van der Waals surface area contributed by atoms with Crippen molar-refractivity contribution in [2.75, 3.05) is 12.4 Å². The summed E-state index contributed by atoms with van der Waals surface area (Å²) in [6, 6.07) is 6.84. The van der Waals surface area contributed by atoms with Gasteiger partial charge in [0.2, 0.25) is 10.0 Å². The predicted molar refractivity (Wildman–Crippen MR) is 153 cm³/mol. The van der Waals surface area contributed by atoms with Crippen LogP contribution < -0.4 is 4.72 Å². The number of nitrogens with zero attached hydrogens (tertiary/aromatic N) is 3. The Morgan fingerprint density at radius 2 is 1.85 bits per heavy atom. The number of aromatic nitrogens is 3. The number of fused-ring (bicyclic) bond motifs is 1. The molecular weight excluding hydrogens is 608 g/mol. The van der Waals surface area contributed by atoms with Gasteiger partial charge in [0.1, 0.15) is 28.1 Å². The molecule has 2 aromatic heterocycles. The third kappa shape index (κ3) is 9.02. The lowest BCUT2D eigenvalue weighted by atomic mass is 10.2. The monoisotopic (exact) mass is 640 g/mol. The first kappa shape index (κ1) is 31.1. The molecule has 0 aliphatic carbocycles. The fraction of sp³-hybridized carbons (Fsp3) is 0.462. The minimum absolute atomic E-state index is 0.0319. The van der Waals surface area contributed by atoms with E-state index in [1.807, 2.05) is 16.8 Å². The number of carbonyl (C=O) groups excluding carboxylic acids is 2. The zero-order valence-electron chi connectivity index (χ0n) is 22.6. The summed E-state index contributed by atoms with van der Waals surface area (Å²) in [5, 5.41) is 1.37. The van der Waals surface area contributed by atoms with Crippen LogP contribution in [0.25, 0.3) is 11.0 Å². The van der Waals surface area contributed by atoms with E-state index < -0.39 is 27.6 Å².